The molecular formula is C18H31N4O4S+. The minimum Gasteiger partial charge on any atom is -0.358 e. The molecule has 0 bridgehead atoms. The lowest BCUT2D eigenvalue weighted by atomic mass is 10.1. The first-order valence-electron chi connectivity index (χ1n) is 9.05. The number of carbonyl (C=O) groups is 2. The van der Waals surface area contributed by atoms with Gasteiger partial charge in [0.05, 0.1) is 11.4 Å². The molecule has 0 heterocycles. The molecule has 3 N–H and O–H groups in total. The molecule has 0 saturated carbocycles. The zero-order valence-electron chi connectivity index (χ0n) is 16.7. The summed E-state index contributed by atoms with van der Waals surface area (Å²) in [6.07, 6.45) is 0. The van der Waals surface area contributed by atoms with Crippen LogP contribution in [0.5, 0.6) is 0 Å². The fourth-order valence-electron chi connectivity index (χ4n) is 2.61. The van der Waals surface area contributed by atoms with Crippen molar-refractivity contribution in [2.24, 2.45) is 0 Å². The zero-order valence-corrected chi connectivity index (χ0v) is 17.5. The van der Waals surface area contributed by atoms with Crippen molar-refractivity contribution in [1.29, 1.82) is 0 Å². The molecule has 1 aromatic carbocycles. The van der Waals surface area contributed by atoms with Crippen molar-refractivity contribution in [3.63, 3.8) is 0 Å². The van der Waals surface area contributed by atoms with Gasteiger partial charge >= 0.3 is 0 Å². The molecule has 9 heteroatoms. The van der Waals surface area contributed by atoms with Crippen molar-refractivity contribution >= 4 is 21.8 Å². The summed E-state index contributed by atoms with van der Waals surface area (Å²) in [7, 11) is -0.357. The van der Waals surface area contributed by atoms with Crippen LogP contribution in [-0.4, -0.2) is 69.7 Å². The topological polar surface area (TPSA) is 103 Å². The molecule has 27 heavy (non-hydrogen) atoms. The second-order valence-corrected chi connectivity index (χ2v) is 8.25. The van der Waals surface area contributed by atoms with Crippen LogP contribution in [0, 0.1) is 0 Å². The molecule has 0 aliphatic heterocycles. The Bertz CT molecular complexity index is 730. The first-order valence-corrected chi connectivity index (χ1v) is 10.5. The van der Waals surface area contributed by atoms with E-state index in [4.69, 9.17) is 0 Å². The van der Waals surface area contributed by atoms with Crippen LogP contribution in [-0.2, 0) is 19.6 Å². The Balaban J connectivity index is 2.71. The molecule has 0 aromatic heterocycles. The summed E-state index contributed by atoms with van der Waals surface area (Å²) in [5.41, 5.74) is 0.926. The number of sulfonamides is 1. The Hall–Kier alpha value is -1.97. The number of hydrogen-bond acceptors (Lipinski definition) is 4. The van der Waals surface area contributed by atoms with Gasteiger partial charge in [0, 0.05) is 32.7 Å². The van der Waals surface area contributed by atoms with Crippen molar-refractivity contribution < 1.29 is 23.3 Å². The van der Waals surface area contributed by atoms with Crippen molar-refractivity contribution in [3.8, 4) is 0 Å². The molecular weight excluding hydrogens is 368 g/mol. The molecule has 152 valence electrons. The number of nitrogens with two attached hydrogens (primary N) is 1. The number of nitrogens with one attached hydrogen (secondary N) is 1. The normalized spacial score (nSPS) is 12.7. The van der Waals surface area contributed by atoms with Gasteiger partial charge in [0.15, 0.2) is 6.54 Å². The van der Waals surface area contributed by atoms with E-state index in [1.807, 2.05) is 26.1 Å². The van der Waals surface area contributed by atoms with E-state index in [1.54, 1.807) is 31.3 Å². The van der Waals surface area contributed by atoms with Crippen LogP contribution in [0.4, 0.5) is 0 Å². The Morgan fingerprint density at radius 2 is 1.70 bits per heavy atom. The van der Waals surface area contributed by atoms with Gasteiger partial charge in [-0.1, -0.05) is 26.0 Å². The highest BCUT2D eigenvalue weighted by atomic mass is 32.2. The number of rotatable bonds is 10. The second kappa shape index (κ2) is 10.4. The van der Waals surface area contributed by atoms with Gasteiger partial charge in [-0.2, -0.15) is 4.31 Å². The predicted octanol–water partition coefficient (Wildman–Crippen LogP) is -0.454. The van der Waals surface area contributed by atoms with Gasteiger partial charge in [0.1, 0.15) is 6.04 Å². The van der Waals surface area contributed by atoms with Gasteiger partial charge in [0.2, 0.25) is 15.9 Å². The fourth-order valence-corrected chi connectivity index (χ4v) is 4.07. The lowest BCUT2D eigenvalue weighted by molar-refractivity contribution is -0.683. The van der Waals surface area contributed by atoms with E-state index in [1.165, 1.54) is 16.3 Å². The van der Waals surface area contributed by atoms with Crippen LogP contribution in [0.2, 0.25) is 0 Å². The minimum atomic E-state index is -3.47. The molecule has 1 atom stereocenters. The van der Waals surface area contributed by atoms with Gasteiger partial charge < -0.3 is 15.5 Å². The summed E-state index contributed by atoms with van der Waals surface area (Å²) in [4.78, 5) is 25.1. The van der Waals surface area contributed by atoms with E-state index in [0.717, 1.165) is 5.56 Å². The SMILES string of the molecule is CCN(CC)S(=O)(=O)c1ccc([C@H](C)[NH2+]CC(=O)N(C)CC(=O)NC)cc1. The molecule has 1 aromatic rings. The summed E-state index contributed by atoms with van der Waals surface area (Å²) >= 11 is 0. The Kier molecular flexibility index (Phi) is 8.87. The van der Waals surface area contributed by atoms with Crippen LogP contribution >= 0.6 is 0 Å². The second-order valence-electron chi connectivity index (χ2n) is 6.31. The Morgan fingerprint density at radius 3 is 2.19 bits per heavy atom. The van der Waals surface area contributed by atoms with E-state index in [0.29, 0.717) is 13.1 Å². The highest BCUT2D eigenvalue weighted by molar-refractivity contribution is 7.89. The molecule has 0 saturated heterocycles. The molecule has 0 fully saturated rings. The molecule has 0 radical (unpaired) electrons. The largest absolute Gasteiger partial charge is 0.358 e. The van der Waals surface area contributed by atoms with Crippen LogP contribution in [0.25, 0.3) is 0 Å². The third-order valence-electron chi connectivity index (χ3n) is 4.48. The number of nitrogens with zero attached hydrogens (tertiary/aromatic N) is 2. The van der Waals surface area contributed by atoms with E-state index >= 15 is 0 Å². The lowest BCUT2D eigenvalue weighted by Crippen LogP contribution is -2.87. The summed E-state index contributed by atoms with van der Waals surface area (Å²) in [5.74, 6) is -0.366. The first kappa shape index (κ1) is 23.1. The number of benzene rings is 1. The maximum atomic E-state index is 12.5. The number of likely N-dealkylation sites (N-methyl/N-ethyl adjacent to an activating group) is 2. The van der Waals surface area contributed by atoms with Crippen molar-refractivity contribution in [1.82, 2.24) is 14.5 Å². The van der Waals surface area contributed by atoms with Gasteiger partial charge in [-0.05, 0) is 19.1 Å². The van der Waals surface area contributed by atoms with Crippen LogP contribution < -0.4 is 10.6 Å². The molecule has 2 amide bonds. The van der Waals surface area contributed by atoms with E-state index < -0.39 is 10.0 Å². The first-order chi connectivity index (χ1) is 12.7. The third-order valence-corrected chi connectivity index (χ3v) is 6.54. The summed E-state index contributed by atoms with van der Waals surface area (Å²) < 4.78 is 26.4. The van der Waals surface area contributed by atoms with Gasteiger partial charge in [-0.3, -0.25) is 9.59 Å². The maximum Gasteiger partial charge on any atom is 0.277 e. The Morgan fingerprint density at radius 1 is 1.15 bits per heavy atom. The van der Waals surface area contributed by atoms with Crippen molar-refractivity contribution in [2.75, 3.05) is 40.3 Å². The number of carbonyl (C=O) groups excluding carboxylic acids is 2. The quantitative estimate of drug-likeness (QED) is 0.556. The van der Waals surface area contributed by atoms with Crippen LogP contribution in [0.1, 0.15) is 32.4 Å². The molecule has 0 unspecified atom stereocenters. The summed E-state index contributed by atoms with van der Waals surface area (Å²) in [6, 6.07) is 6.74. The molecule has 0 aliphatic rings. The third kappa shape index (κ3) is 6.30. The van der Waals surface area contributed by atoms with E-state index in [2.05, 4.69) is 5.32 Å². The molecule has 0 aliphatic carbocycles. The average Bonchev–Trinajstić information content (AvgIpc) is 2.66. The van der Waals surface area contributed by atoms with Crippen LogP contribution in [0.15, 0.2) is 29.2 Å². The van der Waals surface area contributed by atoms with E-state index in [-0.39, 0.29) is 35.8 Å². The number of hydrogen-bond donors (Lipinski definition) is 2. The zero-order chi connectivity index (χ0) is 20.6. The summed E-state index contributed by atoms with van der Waals surface area (Å²) in [6.45, 7) is 6.64. The van der Waals surface area contributed by atoms with Gasteiger partial charge in [-0.15, -0.1) is 0 Å². The minimum absolute atomic E-state index is 0.0208. The molecule has 8 nitrogen and oxygen atoms in total. The highest BCUT2D eigenvalue weighted by Crippen LogP contribution is 2.18. The standard InChI is InChI=1S/C18H30N4O4S/c1-6-22(7-2)27(25,26)16-10-8-15(9-11-16)14(3)20-12-18(24)21(5)13-17(23)19-4/h8-11,14,20H,6-7,12-13H2,1-5H3,(H,19,23)/p+1/t14-/m0/s1. The van der Waals surface area contributed by atoms with Crippen LogP contribution in [0.3, 0.4) is 0 Å². The van der Waals surface area contributed by atoms with E-state index in [9.17, 15) is 18.0 Å². The number of quaternary nitrogens is 1. The van der Waals surface area contributed by atoms with Crippen molar-refractivity contribution in [2.45, 2.75) is 31.7 Å². The highest BCUT2D eigenvalue weighted by Gasteiger charge is 2.22. The summed E-state index contributed by atoms with van der Waals surface area (Å²) in [5, 5.41) is 4.34. The Labute approximate surface area is 162 Å². The predicted molar refractivity (Wildman–Crippen MR) is 103 cm³/mol. The fraction of sp³-hybridized carbons (Fsp3) is 0.556. The number of amides is 2. The molecule has 0 spiro atoms. The van der Waals surface area contributed by atoms with Gasteiger partial charge in [-0.25, -0.2) is 8.42 Å². The lowest BCUT2D eigenvalue weighted by Gasteiger charge is -2.19. The average molecular weight is 400 g/mol. The van der Waals surface area contributed by atoms with Gasteiger partial charge in [0.25, 0.3) is 5.91 Å². The maximum absolute atomic E-state index is 12.5. The smallest absolute Gasteiger partial charge is 0.277 e. The monoisotopic (exact) mass is 399 g/mol. The molecule has 1 rings (SSSR count). The van der Waals surface area contributed by atoms with Crippen molar-refractivity contribution in [3.05, 3.63) is 29.8 Å².